The molecule has 0 saturated carbocycles. The topological polar surface area (TPSA) is 68.3 Å². The molecule has 0 N–H and O–H groups in total. The van der Waals surface area contributed by atoms with Crippen LogP contribution in [0.15, 0.2) is 42.5 Å². The van der Waals surface area contributed by atoms with Crippen LogP contribution in [0.2, 0.25) is 0 Å². The van der Waals surface area contributed by atoms with Gasteiger partial charge in [-0.05, 0) is 36.8 Å². The molecule has 1 aliphatic heterocycles. The van der Waals surface area contributed by atoms with Crippen LogP contribution in [0.25, 0.3) is 0 Å². The maximum Gasteiger partial charge on any atom is 0.227 e. The first-order valence-electron chi connectivity index (χ1n) is 9.89. The summed E-state index contributed by atoms with van der Waals surface area (Å²) in [5.41, 5.74) is 1.76. The van der Waals surface area contributed by atoms with Crippen molar-refractivity contribution in [1.29, 1.82) is 0 Å². The van der Waals surface area contributed by atoms with E-state index < -0.39 is 5.92 Å². The maximum atomic E-state index is 12.9. The van der Waals surface area contributed by atoms with Crippen LogP contribution in [-0.4, -0.2) is 57.7 Å². The molecule has 7 heteroatoms. The Morgan fingerprint density at radius 2 is 1.93 bits per heavy atom. The predicted molar refractivity (Wildman–Crippen MR) is 114 cm³/mol. The number of carbonyl (C=O) groups excluding carboxylic acids is 2. The Hall–Kier alpha value is -3.22. The average molecular weight is 412 g/mol. The molecule has 160 valence electrons. The van der Waals surface area contributed by atoms with E-state index in [4.69, 9.17) is 14.2 Å². The fourth-order valence-corrected chi connectivity index (χ4v) is 3.54. The van der Waals surface area contributed by atoms with E-state index >= 15 is 0 Å². The Kier molecular flexibility index (Phi) is 6.82. The molecule has 1 fully saturated rings. The van der Waals surface area contributed by atoms with Gasteiger partial charge in [0.15, 0.2) is 0 Å². The molecule has 3 rings (SSSR count). The van der Waals surface area contributed by atoms with Crippen molar-refractivity contribution in [1.82, 2.24) is 4.90 Å². The van der Waals surface area contributed by atoms with Gasteiger partial charge in [0.2, 0.25) is 11.8 Å². The molecule has 0 spiro atoms. The second-order valence-corrected chi connectivity index (χ2v) is 7.37. The van der Waals surface area contributed by atoms with Crippen LogP contribution in [0.5, 0.6) is 17.2 Å². The van der Waals surface area contributed by atoms with E-state index in [9.17, 15) is 9.59 Å². The number of nitrogens with zero attached hydrogens (tertiary/aromatic N) is 2. The Bertz CT molecular complexity index is 914. The second-order valence-electron chi connectivity index (χ2n) is 7.37. The van der Waals surface area contributed by atoms with Gasteiger partial charge >= 0.3 is 0 Å². The molecule has 1 unspecified atom stereocenters. The number of carbonyl (C=O) groups is 2. The van der Waals surface area contributed by atoms with Gasteiger partial charge in [-0.25, -0.2) is 0 Å². The summed E-state index contributed by atoms with van der Waals surface area (Å²) in [5, 5.41) is 0. The third-order valence-electron chi connectivity index (χ3n) is 5.21. The molecule has 1 heterocycles. The van der Waals surface area contributed by atoms with Crippen LogP contribution in [0, 0.1) is 12.8 Å². The third kappa shape index (κ3) is 4.84. The van der Waals surface area contributed by atoms with Gasteiger partial charge in [-0.15, -0.1) is 0 Å². The molecule has 0 aromatic heterocycles. The van der Waals surface area contributed by atoms with E-state index in [0.29, 0.717) is 36.9 Å². The maximum absolute atomic E-state index is 12.9. The van der Waals surface area contributed by atoms with Gasteiger partial charge in [-0.3, -0.25) is 9.59 Å². The zero-order valence-corrected chi connectivity index (χ0v) is 17.9. The monoisotopic (exact) mass is 412 g/mol. The lowest BCUT2D eigenvalue weighted by atomic mass is 10.1. The van der Waals surface area contributed by atoms with E-state index in [2.05, 4.69) is 0 Å². The van der Waals surface area contributed by atoms with Gasteiger partial charge in [0.25, 0.3) is 0 Å². The zero-order valence-electron chi connectivity index (χ0n) is 17.9. The number of rotatable bonds is 8. The normalized spacial score (nSPS) is 15.8. The van der Waals surface area contributed by atoms with Crippen molar-refractivity contribution in [3.05, 3.63) is 48.0 Å². The van der Waals surface area contributed by atoms with Gasteiger partial charge in [0.05, 0.1) is 32.4 Å². The van der Waals surface area contributed by atoms with Crippen LogP contribution in [0.1, 0.15) is 12.0 Å². The molecule has 0 aliphatic carbocycles. The molecule has 1 saturated heterocycles. The summed E-state index contributed by atoms with van der Waals surface area (Å²) in [6.45, 7) is 3.16. The molecular weight excluding hydrogens is 384 g/mol. The highest BCUT2D eigenvalue weighted by Crippen LogP contribution is 2.36. The molecular formula is C23H28N2O5. The van der Waals surface area contributed by atoms with Crippen LogP contribution in [-0.2, 0) is 9.59 Å². The molecule has 2 aromatic carbocycles. The fraction of sp³-hybridized carbons (Fsp3) is 0.391. The first kappa shape index (κ1) is 21.5. The first-order chi connectivity index (χ1) is 14.4. The molecule has 1 aliphatic rings. The minimum Gasteiger partial charge on any atom is -0.497 e. The SMILES string of the molecule is COc1ccc(N2CC(C(=O)N(C)CCOc3cccc(C)c3)CC2=O)c(OC)c1. The van der Waals surface area contributed by atoms with Crippen LogP contribution in [0.4, 0.5) is 5.69 Å². The van der Waals surface area contributed by atoms with Gasteiger partial charge < -0.3 is 24.0 Å². The summed E-state index contributed by atoms with van der Waals surface area (Å²) < 4.78 is 16.4. The van der Waals surface area contributed by atoms with Gasteiger partial charge in [-0.2, -0.15) is 0 Å². The second kappa shape index (κ2) is 9.52. The van der Waals surface area contributed by atoms with Gasteiger partial charge in [0, 0.05) is 26.1 Å². The number of hydrogen-bond donors (Lipinski definition) is 0. The van der Waals surface area contributed by atoms with E-state index in [1.165, 1.54) is 0 Å². The highest BCUT2D eigenvalue weighted by Gasteiger charge is 2.37. The fourth-order valence-electron chi connectivity index (χ4n) is 3.54. The van der Waals surface area contributed by atoms with Crippen molar-refractivity contribution in [3.63, 3.8) is 0 Å². The van der Waals surface area contributed by atoms with Gasteiger partial charge in [-0.1, -0.05) is 12.1 Å². The lowest BCUT2D eigenvalue weighted by molar-refractivity contribution is -0.134. The Labute approximate surface area is 177 Å². The summed E-state index contributed by atoms with van der Waals surface area (Å²) >= 11 is 0. The van der Waals surface area contributed by atoms with Crippen LogP contribution in [0.3, 0.4) is 0 Å². The summed E-state index contributed by atoms with van der Waals surface area (Å²) in [4.78, 5) is 28.7. The van der Waals surface area contributed by atoms with Crippen molar-refractivity contribution in [3.8, 4) is 17.2 Å². The molecule has 30 heavy (non-hydrogen) atoms. The van der Waals surface area contributed by atoms with Crippen molar-refractivity contribution < 1.29 is 23.8 Å². The molecule has 7 nitrogen and oxygen atoms in total. The smallest absolute Gasteiger partial charge is 0.227 e. The number of ether oxygens (including phenoxy) is 3. The molecule has 1 atom stereocenters. The molecule has 2 aromatic rings. The lowest BCUT2D eigenvalue weighted by Crippen LogP contribution is -2.37. The Morgan fingerprint density at radius 1 is 1.13 bits per heavy atom. The van der Waals surface area contributed by atoms with Crippen molar-refractivity contribution >= 4 is 17.5 Å². The number of anilines is 1. The average Bonchev–Trinajstić information content (AvgIpc) is 3.13. The van der Waals surface area contributed by atoms with Crippen LogP contribution < -0.4 is 19.1 Å². The summed E-state index contributed by atoms with van der Waals surface area (Å²) in [5.74, 6) is 1.41. The minimum absolute atomic E-state index is 0.0637. The van der Waals surface area contributed by atoms with Crippen LogP contribution >= 0.6 is 0 Å². The van der Waals surface area contributed by atoms with E-state index in [1.807, 2.05) is 31.2 Å². The number of hydrogen-bond acceptors (Lipinski definition) is 5. The van der Waals surface area contributed by atoms with Gasteiger partial charge in [0.1, 0.15) is 23.9 Å². The molecule has 2 amide bonds. The largest absolute Gasteiger partial charge is 0.497 e. The molecule has 0 radical (unpaired) electrons. The quantitative estimate of drug-likeness (QED) is 0.667. The number of benzene rings is 2. The lowest BCUT2D eigenvalue weighted by Gasteiger charge is -2.22. The zero-order chi connectivity index (χ0) is 21.7. The van der Waals surface area contributed by atoms with Crippen molar-refractivity contribution in [2.24, 2.45) is 5.92 Å². The standard InChI is InChI=1S/C23H28N2O5/c1-16-6-5-7-19(12-16)30-11-10-24(2)23(27)17-13-22(26)25(15-17)20-9-8-18(28-3)14-21(20)29-4/h5-9,12,14,17H,10-11,13,15H2,1-4H3. The minimum atomic E-state index is -0.395. The summed E-state index contributed by atoms with van der Waals surface area (Å²) in [6.07, 6.45) is 0.178. The number of likely N-dealkylation sites (N-methyl/N-ethyl adjacent to an activating group) is 1. The van der Waals surface area contributed by atoms with E-state index in [0.717, 1.165) is 11.3 Å². The summed E-state index contributed by atoms with van der Waals surface area (Å²) in [6, 6.07) is 13.1. The van der Waals surface area contributed by atoms with Crippen molar-refractivity contribution in [2.45, 2.75) is 13.3 Å². The summed E-state index contributed by atoms with van der Waals surface area (Å²) in [7, 11) is 4.86. The first-order valence-corrected chi connectivity index (χ1v) is 9.89. The highest BCUT2D eigenvalue weighted by molar-refractivity contribution is 6.01. The van der Waals surface area contributed by atoms with E-state index in [1.54, 1.807) is 49.3 Å². The van der Waals surface area contributed by atoms with E-state index in [-0.39, 0.29) is 18.2 Å². The number of methoxy groups -OCH3 is 2. The number of amides is 2. The molecule has 0 bridgehead atoms. The highest BCUT2D eigenvalue weighted by atomic mass is 16.5. The number of aryl methyl sites for hydroxylation is 1. The Morgan fingerprint density at radius 3 is 2.63 bits per heavy atom. The predicted octanol–water partition coefficient (Wildman–Crippen LogP) is 2.90. The third-order valence-corrected chi connectivity index (χ3v) is 5.21. The van der Waals surface area contributed by atoms with Crippen molar-refractivity contribution in [2.75, 3.05) is 45.9 Å². The Balaban J connectivity index is 1.59.